The molecule has 0 aromatic carbocycles. The topological polar surface area (TPSA) is 39.7 Å². The molecule has 1 fully saturated rings. The van der Waals surface area contributed by atoms with Crippen molar-refractivity contribution in [3.05, 3.63) is 0 Å². The van der Waals surface area contributed by atoms with Gasteiger partial charge in [-0.25, -0.2) is 0 Å². The number of rotatable bonds is 5. The Bertz CT molecular complexity index is 227. The molecule has 4 heteroatoms. The largest absolute Gasteiger partial charge is 0.356 e. The number of guanidine groups is 1. The van der Waals surface area contributed by atoms with E-state index in [2.05, 4.69) is 34.4 Å². The minimum atomic E-state index is 0.746. The number of piperidine rings is 1. The van der Waals surface area contributed by atoms with Gasteiger partial charge in [0.2, 0.25) is 0 Å². The van der Waals surface area contributed by atoms with E-state index in [0.29, 0.717) is 0 Å². The number of aliphatic imine (C=N–C) groups is 1. The fourth-order valence-electron chi connectivity index (χ4n) is 2.27. The van der Waals surface area contributed by atoms with Crippen molar-refractivity contribution in [1.29, 1.82) is 0 Å². The first kappa shape index (κ1) is 14.3. The second-order valence-electron chi connectivity index (χ2n) is 4.81. The maximum Gasteiger partial charge on any atom is 0.191 e. The summed E-state index contributed by atoms with van der Waals surface area (Å²) >= 11 is 0. The highest BCUT2D eigenvalue weighted by molar-refractivity contribution is 5.79. The number of nitrogens with zero attached hydrogens (tertiary/aromatic N) is 2. The van der Waals surface area contributed by atoms with Gasteiger partial charge in [0.25, 0.3) is 0 Å². The predicted molar refractivity (Wildman–Crippen MR) is 74.5 cm³/mol. The molecule has 0 saturated carbocycles. The number of hydrogen-bond acceptors (Lipinski definition) is 2. The summed E-state index contributed by atoms with van der Waals surface area (Å²) in [4.78, 5) is 6.78. The first-order valence-corrected chi connectivity index (χ1v) is 6.96. The molecule has 0 aromatic rings. The van der Waals surface area contributed by atoms with Crippen LogP contribution in [0.15, 0.2) is 4.99 Å². The maximum absolute atomic E-state index is 4.20. The van der Waals surface area contributed by atoms with Gasteiger partial charge >= 0.3 is 0 Å². The third kappa shape index (κ3) is 5.39. The molecule has 1 saturated heterocycles. The molecule has 0 amide bonds. The Morgan fingerprint density at radius 2 is 2.06 bits per heavy atom. The molecule has 1 heterocycles. The average Bonchev–Trinajstić information content (AvgIpc) is 2.35. The molecule has 0 radical (unpaired) electrons. The minimum absolute atomic E-state index is 0.746. The van der Waals surface area contributed by atoms with Crippen LogP contribution in [-0.4, -0.2) is 50.1 Å². The Morgan fingerprint density at radius 3 is 2.71 bits per heavy atom. The summed E-state index contributed by atoms with van der Waals surface area (Å²) in [5, 5.41) is 6.66. The lowest BCUT2D eigenvalue weighted by molar-refractivity contribution is 0.163. The van der Waals surface area contributed by atoms with Crippen LogP contribution in [0.5, 0.6) is 0 Å². The summed E-state index contributed by atoms with van der Waals surface area (Å²) < 4.78 is 0. The van der Waals surface area contributed by atoms with Crippen molar-refractivity contribution in [2.24, 2.45) is 4.99 Å². The van der Waals surface area contributed by atoms with Gasteiger partial charge in [-0.3, -0.25) is 9.89 Å². The Morgan fingerprint density at radius 1 is 1.29 bits per heavy atom. The summed E-state index contributed by atoms with van der Waals surface area (Å²) in [6, 6.07) is 0.746. The molecule has 100 valence electrons. The van der Waals surface area contributed by atoms with Gasteiger partial charge in [-0.1, -0.05) is 13.3 Å². The van der Waals surface area contributed by atoms with E-state index in [1.54, 1.807) is 0 Å². The van der Waals surface area contributed by atoms with Crippen LogP contribution in [0.25, 0.3) is 0 Å². The minimum Gasteiger partial charge on any atom is -0.356 e. The van der Waals surface area contributed by atoms with Gasteiger partial charge in [0.1, 0.15) is 0 Å². The summed E-state index contributed by atoms with van der Waals surface area (Å²) in [7, 11) is 1.83. The Hall–Kier alpha value is -0.770. The Balaban J connectivity index is 2.17. The molecule has 0 aliphatic carbocycles. The van der Waals surface area contributed by atoms with Gasteiger partial charge in [0.05, 0.1) is 0 Å². The van der Waals surface area contributed by atoms with Gasteiger partial charge in [0, 0.05) is 32.7 Å². The Kier molecular flexibility index (Phi) is 7.01. The Labute approximate surface area is 106 Å². The van der Waals surface area contributed by atoms with Gasteiger partial charge < -0.3 is 10.6 Å². The second kappa shape index (κ2) is 8.34. The molecule has 17 heavy (non-hydrogen) atoms. The highest BCUT2D eigenvalue weighted by Gasteiger charge is 2.17. The van der Waals surface area contributed by atoms with E-state index in [9.17, 15) is 0 Å². The SMILES string of the molecule is CCCNC(=NC)NCCN1CCCCC1C. The van der Waals surface area contributed by atoms with Gasteiger partial charge in [-0.05, 0) is 32.7 Å². The summed E-state index contributed by atoms with van der Waals surface area (Å²) in [6.07, 6.45) is 5.23. The van der Waals surface area contributed by atoms with E-state index in [1.165, 1.54) is 25.8 Å². The third-order valence-corrected chi connectivity index (χ3v) is 3.40. The van der Waals surface area contributed by atoms with Crippen LogP contribution in [-0.2, 0) is 0 Å². The smallest absolute Gasteiger partial charge is 0.191 e. The van der Waals surface area contributed by atoms with Gasteiger partial charge in [-0.2, -0.15) is 0 Å². The molecule has 0 bridgehead atoms. The van der Waals surface area contributed by atoms with Crippen LogP contribution in [0.2, 0.25) is 0 Å². The number of hydrogen-bond donors (Lipinski definition) is 2. The van der Waals surface area contributed by atoms with Crippen molar-refractivity contribution >= 4 is 5.96 Å². The first-order valence-electron chi connectivity index (χ1n) is 6.96. The highest BCUT2D eigenvalue weighted by atomic mass is 15.2. The van der Waals surface area contributed by atoms with Gasteiger partial charge in [0.15, 0.2) is 5.96 Å². The normalized spacial score (nSPS) is 22.5. The van der Waals surface area contributed by atoms with Crippen molar-refractivity contribution in [2.45, 2.75) is 45.6 Å². The quantitative estimate of drug-likeness (QED) is 0.564. The lowest BCUT2D eigenvalue weighted by Crippen LogP contribution is -2.45. The fourth-order valence-corrected chi connectivity index (χ4v) is 2.27. The van der Waals surface area contributed by atoms with Crippen LogP contribution in [0.4, 0.5) is 0 Å². The number of likely N-dealkylation sites (tertiary alicyclic amines) is 1. The average molecular weight is 240 g/mol. The van der Waals surface area contributed by atoms with Crippen molar-refractivity contribution in [2.75, 3.05) is 33.2 Å². The second-order valence-corrected chi connectivity index (χ2v) is 4.81. The van der Waals surface area contributed by atoms with Crippen LogP contribution < -0.4 is 10.6 Å². The molecule has 0 spiro atoms. The summed E-state index contributed by atoms with van der Waals surface area (Å²) in [6.45, 7) is 8.84. The zero-order chi connectivity index (χ0) is 12.5. The lowest BCUT2D eigenvalue weighted by atomic mass is 10.0. The van der Waals surface area contributed by atoms with Crippen molar-refractivity contribution in [3.63, 3.8) is 0 Å². The fraction of sp³-hybridized carbons (Fsp3) is 0.923. The molecule has 1 atom stereocenters. The lowest BCUT2D eigenvalue weighted by Gasteiger charge is -2.33. The highest BCUT2D eigenvalue weighted by Crippen LogP contribution is 2.15. The van der Waals surface area contributed by atoms with Gasteiger partial charge in [-0.15, -0.1) is 0 Å². The van der Waals surface area contributed by atoms with E-state index in [4.69, 9.17) is 0 Å². The van der Waals surface area contributed by atoms with E-state index in [-0.39, 0.29) is 0 Å². The molecular weight excluding hydrogens is 212 g/mol. The zero-order valence-corrected chi connectivity index (χ0v) is 11.6. The monoisotopic (exact) mass is 240 g/mol. The number of nitrogens with one attached hydrogen (secondary N) is 2. The predicted octanol–water partition coefficient (Wildman–Crippen LogP) is 1.44. The third-order valence-electron chi connectivity index (χ3n) is 3.40. The van der Waals surface area contributed by atoms with Crippen molar-refractivity contribution in [3.8, 4) is 0 Å². The van der Waals surface area contributed by atoms with E-state index >= 15 is 0 Å². The van der Waals surface area contributed by atoms with Crippen LogP contribution in [0.3, 0.4) is 0 Å². The van der Waals surface area contributed by atoms with E-state index < -0.39 is 0 Å². The van der Waals surface area contributed by atoms with Crippen LogP contribution in [0, 0.1) is 0 Å². The molecule has 0 aromatic heterocycles. The van der Waals surface area contributed by atoms with Crippen molar-refractivity contribution in [1.82, 2.24) is 15.5 Å². The van der Waals surface area contributed by atoms with Crippen molar-refractivity contribution < 1.29 is 0 Å². The molecule has 1 unspecified atom stereocenters. The molecule has 1 rings (SSSR count). The summed E-state index contributed by atoms with van der Waals surface area (Å²) in [5.74, 6) is 0.927. The molecule has 1 aliphatic rings. The van der Waals surface area contributed by atoms with E-state index in [1.807, 2.05) is 7.05 Å². The summed E-state index contributed by atoms with van der Waals surface area (Å²) in [5.41, 5.74) is 0. The van der Waals surface area contributed by atoms with Crippen LogP contribution >= 0.6 is 0 Å². The molecule has 1 aliphatic heterocycles. The van der Waals surface area contributed by atoms with E-state index in [0.717, 1.165) is 38.1 Å². The molecular formula is C13H28N4. The first-order chi connectivity index (χ1) is 8.27. The van der Waals surface area contributed by atoms with Crippen LogP contribution in [0.1, 0.15) is 39.5 Å². The molecule has 4 nitrogen and oxygen atoms in total. The standard InChI is InChI=1S/C13H28N4/c1-4-8-15-13(14-3)16-9-11-17-10-6-5-7-12(17)2/h12H,4-11H2,1-3H3,(H2,14,15,16). The zero-order valence-electron chi connectivity index (χ0n) is 11.6. The maximum atomic E-state index is 4.20. The molecule has 2 N–H and O–H groups in total.